The second kappa shape index (κ2) is 6.75. The van der Waals surface area contributed by atoms with E-state index < -0.39 is 18.3 Å². The van der Waals surface area contributed by atoms with Gasteiger partial charge in [-0.3, -0.25) is 0 Å². The highest BCUT2D eigenvalue weighted by Crippen LogP contribution is 2.24. The van der Waals surface area contributed by atoms with Gasteiger partial charge in [-0.1, -0.05) is 37.6 Å². The van der Waals surface area contributed by atoms with Crippen LogP contribution >= 0.6 is 0 Å². The van der Waals surface area contributed by atoms with Crippen LogP contribution in [0.2, 0.25) is 0 Å². The lowest BCUT2D eigenvalue weighted by Gasteiger charge is -2.22. The summed E-state index contributed by atoms with van der Waals surface area (Å²) >= 11 is 0. The van der Waals surface area contributed by atoms with Crippen LogP contribution < -0.4 is 5.32 Å². The first kappa shape index (κ1) is 14.9. The number of carbonyl (C=O) groups is 1. The molecular formula is C16H23NO3. The molecule has 20 heavy (non-hydrogen) atoms. The van der Waals surface area contributed by atoms with Crippen LogP contribution in [0, 0.1) is 0 Å². The van der Waals surface area contributed by atoms with E-state index in [2.05, 4.69) is 12.2 Å². The zero-order valence-corrected chi connectivity index (χ0v) is 12.1. The van der Waals surface area contributed by atoms with E-state index >= 15 is 0 Å². The van der Waals surface area contributed by atoms with Gasteiger partial charge in [0.25, 0.3) is 0 Å². The van der Waals surface area contributed by atoms with E-state index in [9.17, 15) is 9.90 Å². The Morgan fingerprint density at radius 1 is 1.45 bits per heavy atom. The van der Waals surface area contributed by atoms with Crippen LogP contribution in [0.4, 0.5) is 4.79 Å². The maximum absolute atomic E-state index is 11.6. The molecule has 4 nitrogen and oxygen atoms in total. The lowest BCUT2D eigenvalue weighted by molar-refractivity contribution is 0.0113. The molecule has 2 unspecified atom stereocenters. The molecule has 110 valence electrons. The van der Waals surface area contributed by atoms with E-state index in [0.717, 1.165) is 36.8 Å². The standard InChI is InChI=1S/C16H23NO3/c1-3-6-12-7-4-5-8-14(12)15(18)11(2)20-16(19)17-13-9-10-13/h4-5,7-8,11,13,15,18H,3,6,9-10H2,1-2H3,(H,17,19). The SMILES string of the molecule is CCCc1ccccc1C(O)C(C)OC(=O)NC1CC1. The Hall–Kier alpha value is -1.55. The molecule has 1 amide bonds. The maximum atomic E-state index is 11.6. The summed E-state index contributed by atoms with van der Waals surface area (Å²) in [4.78, 5) is 11.6. The summed E-state index contributed by atoms with van der Waals surface area (Å²) in [6, 6.07) is 8.04. The molecule has 1 fully saturated rings. The molecule has 1 aromatic carbocycles. The quantitative estimate of drug-likeness (QED) is 0.840. The summed E-state index contributed by atoms with van der Waals surface area (Å²) in [5.74, 6) is 0. The van der Waals surface area contributed by atoms with Crippen LogP contribution in [0.15, 0.2) is 24.3 Å². The summed E-state index contributed by atoms with van der Waals surface area (Å²) in [5.41, 5.74) is 1.96. The second-order valence-corrected chi connectivity index (χ2v) is 5.42. The number of carbonyl (C=O) groups excluding carboxylic acids is 1. The number of amides is 1. The smallest absolute Gasteiger partial charge is 0.407 e. The highest BCUT2D eigenvalue weighted by atomic mass is 16.6. The average molecular weight is 277 g/mol. The van der Waals surface area contributed by atoms with Crippen LogP contribution in [0.25, 0.3) is 0 Å². The predicted molar refractivity (Wildman–Crippen MR) is 77.5 cm³/mol. The van der Waals surface area contributed by atoms with Crippen molar-refractivity contribution >= 4 is 6.09 Å². The van der Waals surface area contributed by atoms with Gasteiger partial charge in [-0.15, -0.1) is 0 Å². The number of aliphatic hydroxyl groups excluding tert-OH is 1. The molecule has 0 heterocycles. The first-order valence-electron chi connectivity index (χ1n) is 7.34. The van der Waals surface area contributed by atoms with E-state index in [0.29, 0.717) is 0 Å². The largest absolute Gasteiger partial charge is 0.443 e. The fourth-order valence-electron chi connectivity index (χ4n) is 2.23. The Bertz CT molecular complexity index is 457. The third kappa shape index (κ3) is 3.97. The van der Waals surface area contributed by atoms with E-state index in [-0.39, 0.29) is 6.04 Å². The summed E-state index contributed by atoms with van der Waals surface area (Å²) < 4.78 is 5.25. The van der Waals surface area contributed by atoms with Crippen LogP contribution in [0.5, 0.6) is 0 Å². The molecule has 1 saturated carbocycles. The number of hydrogen-bond acceptors (Lipinski definition) is 3. The molecule has 0 bridgehead atoms. The first-order chi connectivity index (χ1) is 9.61. The van der Waals surface area contributed by atoms with Gasteiger partial charge >= 0.3 is 6.09 Å². The van der Waals surface area contributed by atoms with Crippen molar-refractivity contribution in [2.24, 2.45) is 0 Å². The summed E-state index contributed by atoms with van der Waals surface area (Å²) in [7, 11) is 0. The number of aliphatic hydroxyl groups is 1. The Balaban J connectivity index is 1.97. The highest BCUT2D eigenvalue weighted by Gasteiger charge is 2.27. The second-order valence-electron chi connectivity index (χ2n) is 5.42. The third-order valence-corrected chi connectivity index (χ3v) is 3.53. The number of benzene rings is 1. The Kier molecular flexibility index (Phi) is 5.01. The number of nitrogens with one attached hydrogen (secondary N) is 1. The Morgan fingerprint density at radius 3 is 2.80 bits per heavy atom. The first-order valence-corrected chi connectivity index (χ1v) is 7.34. The Labute approximate surface area is 120 Å². The number of rotatable bonds is 6. The van der Waals surface area contributed by atoms with Gasteiger partial charge in [-0.2, -0.15) is 0 Å². The van der Waals surface area contributed by atoms with E-state index in [1.54, 1.807) is 6.92 Å². The minimum Gasteiger partial charge on any atom is -0.443 e. The fourth-order valence-corrected chi connectivity index (χ4v) is 2.23. The van der Waals surface area contributed by atoms with Crippen molar-refractivity contribution < 1.29 is 14.6 Å². The van der Waals surface area contributed by atoms with Crippen molar-refractivity contribution in [3.8, 4) is 0 Å². The average Bonchev–Trinajstić information content (AvgIpc) is 3.22. The molecule has 2 atom stereocenters. The van der Waals surface area contributed by atoms with E-state index in [4.69, 9.17) is 4.74 Å². The maximum Gasteiger partial charge on any atom is 0.407 e. The number of ether oxygens (including phenoxy) is 1. The molecule has 2 N–H and O–H groups in total. The molecule has 2 rings (SSSR count). The highest BCUT2D eigenvalue weighted by molar-refractivity contribution is 5.68. The molecule has 0 aromatic heterocycles. The van der Waals surface area contributed by atoms with Gasteiger partial charge in [0.1, 0.15) is 12.2 Å². The van der Waals surface area contributed by atoms with Crippen LogP contribution in [-0.4, -0.2) is 23.3 Å². The molecule has 1 aliphatic carbocycles. The van der Waals surface area contributed by atoms with Crippen molar-refractivity contribution in [1.29, 1.82) is 0 Å². The van der Waals surface area contributed by atoms with Crippen molar-refractivity contribution in [2.45, 2.75) is 57.8 Å². The van der Waals surface area contributed by atoms with E-state index in [1.165, 1.54) is 0 Å². The van der Waals surface area contributed by atoms with Crippen molar-refractivity contribution in [1.82, 2.24) is 5.32 Å². The number of aryl methyl sites for hydroxylation is 1. The number of hydrogen-bond donors (Lipinski definition) is 2. The van der Waals surface area contributed by atoms with Gasteiger partial charge in [-0.05, 0) is 37.3 Å². The van der Waals surface area contributed by atoms with Gasteiger partial charge in [0.2, 0.25) is 0 Å². The Morgan fingerprint density at radius 2 is 2.15 bits per heavy atom. The van der Waals surface area contributed by atoms with Gasteiger partial charge in [0, 0.05) is 6.04 Å². The predicted octanol–water partition coefficient (Wildman–Crippen LogP) is 2.95. The fraction of sp³-hybridized carbons (Fsp3) is 0.562. The monoisotopic (exact) mass is 277 g/mol. The van der Waals surface area contributed by atoms with Crippen LogP contribution in [0.1, 0.15) is 50.3 Å². The van der Waals surface area contributed by atoms with Gasteiger partial charge in [0.05, 0.1) is 0 Å². The minimum atomic E-state index is -0.789. The topological polar surface area (TPSA) is 58.6 Å². The van der Waals surface area contributed by atoms with Crippen molar-refractivity contribution in [2.75, 3.05) is 0 Å². The third-order valence-electron chi connectivity index (χ3n) is 3.53. The lowest BCUT2D eigenvalue weighted by Crippen LogP contribution is -2.32. The molecule has 0 aliphatic heterocycles. The molecule has 0 radical (unpaired) electrons. The molecule has 1 aromatic rings. The van der Waals surface area contributed by atoms with Gasteiger partial charge < -0.3 is 15.2 Å². The molecule has 4 heteroatoms. The molecule has 0 spiro atoms. The van der Waals surface area contributed by atoms with Gasteiger partial charge in [0.15, 0.2) is 0 Å². The minimum absolute atomic E-state index is 0.263. The zero-order valence-electron chi connectivity index (χ0n) is 12.1. The van der Waals surface area contributed by atoms with Crippen molar-refractivity contribution in [3.63, 3.8) is 0 Å². The molecule has 0 saturated heterocycles. The zero-order chi connectivity index (χ0) is 14.5. The van der Waals surface area contributed by atoms with E-state index in [1.807, 2.05) is 24.3 Å². The lowest BCUT2D eigenvalue weighted by atomic mass is 9.96. The summed E-state index contributed by atoms with van der Waals surface area (Å²) in [5, 5.41) is 13.1. The van der Waals surface area contributed by atoms with Crippen LogP contribution in [0.3, 0.4) is 0 Å². The summed E-state index contributed by atoms with van der Waals surface area (Å²) in [6.07, 6.45) is 2.17. The number of alkyl carbamates (subject to hydrolysis) is 1. The van der Waals surface area contributed by atoms with Crippen LogP contribution in [-0.2, 0) is 11.2 Å². The molecular weight excluding hydrogens is 254 g/mol. The normalized spacial score (nSPS) is 17.4. The van der Waals surface area contributed by atoms with Gasteiger partial charge in [-0.25, -0.2) is 4.79 Å². The summed E-state index contributed by atoms with van der Waals surface area (Å²) in [6.45, 7) is 3.83. The van der Waals surface area contributed by atoms with Crippen molar-refractivity contribution in [3.05, 3.63) is 35.4 Å². The molecule has 1 aliphatic rings.